The van der Waals surface area contributed by atoms with Gasteiger partial charge in [-0.15, -0.1) is 11.8 Å². The van der Waals surface area contributed by atoms with Crippen molar-refractivity contribution in [3.8, 4) is 11.1 Å². The number of aryl methyl sites for hydroxylation is 1. The van der Waals surface area contributed by atoms with Crippen molar-refractivity contribution in [3.05, 3.63) is 51.9 Å². The van der Waals surface area contributed by atoms with Gasteiger partial charge in [-0.25, -0.2) is 13.6 Å². The highest BCUT2D eigenvalue weighted by atomic mass is 32.2. The number of hydrogen-bond acceptors (Lipinski definition) is 5. The van der Waals surface area contributed by atoms with E-state index in [-0.39, 0.29) is 45.9 Å². The van der Waals surface area contributed by atoms with E-state index in [9.17, 15) is 26.7 Å². The van der Waals surface area contributed by atoms with Crippen molar-refractivity contribution in [2.45, 2.75) is 50.0 Å². The van der Waals surface area contributed by atoms with Crippen LogP contribution in [0.3, 0.4) is 0 Å². The van der Waals surface area contributed by atoms with E-state index in [1.54, 1.807) is 0 Å². The molecule has 35 heavy (non-hydrogen) atoms. The number of piperazine rings is 1. The molecule has 2 unspecified atom stereocenters. The van der Waals surface area contributed by atoms with E-state index in [1.807, 2.05) is 18.7 Å². The number of aromatic nitrogens is 2. The lowest BCUT2D eigenvalue weighted by molar-refractivity contribution is -0.137. The summed E-state index contributed by atoms with van der Waals surface area (Å²) in [4.78, 5) is 19.4. The molecule has 0 aliphatic carbocycles. The first-order valence-corrected chi connectivity index (χ1v) is 12.3. The number of thioether (sulfide) groups is 1. The van der Waals surface area contributed by atoms with Crippen LogP contribution in [0.5, 0.6) is 0 Å². The fourth-order valence-electron chi connectivity index (χ4n) is 5.06. The number of alkyl halides is 3. The highest BCUT2D eigenvalue weighted by Crippen LogP contribution is 2.48. The van der Waals surface area contributed by atoms with Gasteiger partial charge in [0.2, 0.25) is 0 Å². The van der Waals surface area contributed by atoms with Gasteiger partial charge in [0, 0.05) is 59.2 Å². The Labute approximate surface area is 202 Å². The van der Waals surface area contributed by atoms with Crippen LogP contribution in [0, 0.1) is 11.6 Å². The molecule has 0 amide bonds. The minimum Gasteiger partial charge on any atom is -0.353 e. The Hall–Kier alpha value is -2.66. The zero-order valence-corrected chi connectivity index (χ0v) is 19.9. The quantitative estimate of drug-likeness (QED) is 0.490. The van der Waals surface area contributed by atoms with E-state index < -0.39 is 29.1 Å². The van der Waals surface area contributed by atoms with E-state index in [0.717, 1.165) is 30.0 Å². The SMILES string of the molecule is CC1CN(c2nc(=O)n3c4c(c(-c5ccc(F)cc5F)c(C(F)(F)F)cc24)SCCC3)CC(C)N1. The molecule has 1 aromatic heterocycles. The Morgan fingerprint density at radius 1 is 1.11 bits per heavy atom. The second-order valence-corrected chi connectivity index (χ2v) is 10.2. The van der Waals surface area contributed by atoms with Crippen molar-refractivity contribution in [1.29, 1.82) is 0 Å². The summed E-state index contributed by atoms with van der Waals surface area (Å²) in [5.41, 5.74) is -2.01. The minimum atomic E-state index is -4.82. The topological polar surface area (TPSA) is 50.2 Å². The maximum Gasteiger partial charge on any atom is 0.417 e. The summed E-state index contributed by atoms with van der Waals surface area (Å²) in [5, 5.41) is 3.57. The summed E-state index contributed by atoms with van der Waals surface area (Å²) < 4.78 is 73.3. The maximum absolute atomic E-state index is 14.9. The second kappa shape index (κ2) is 8.77. The second-order valence-electron chi connectivity index (χ2n) is 9.09. The van der Waals surface area contributed by atoms with Gasteiger partial charge >= 0.3 is 11.9 Å². The smallest absolute Gasteiger partial charge is 0.353 e. The molecule has 0 spiro atoms. The Morgan fingerprint density at radius 3 is 2.49 bits per heavy atom. The molecule has 1 N–H and O–H groups in total. The molecule has 1 saturated heterocycles. The van der Waals surface area contributed by atoms with Gasteiger partial charge in [0.25, 0.3) is 0 Å². The van der Waals surface area contributed by atoms with E-state index >= 15 is 0 Å². The monoisotopic (exact) mass is 510 g/mol. The lowest BCUT2D eigenvalue weighted by Crippen LogP contribution is -2.55. The first kappa shape index (κ1) is 24.1. The molecule has 11 heteroatoms. The van der Waals surface area contributed by atoms with E-state index in [4.69, 9.17) is 0 Å². The van der Waals surface area contributed by atoms with Gasteiger partial charge in [0.15, 0.2) is 0 Å². The van der Waals surface area contributed by atoms with Crippen molar-refractivity contribution >= 4 is 28.5 Å². The van der Waals surface area contributed by atoms with E-state index in [1.165, 1.54) is 4.57 Å². The third-order valence-corrected chi connectivity index (χ3v) is 7.51. The molecule has 3 heterocycles. The van der Waals surface area contributed by atoms with Crippen LogP contribution < -0.4 is 15.9 Å². The van der Waals surface area contributed by atoms with Crippen LogP contribution in [0.25, 0.3) is 22.0 Å². The van der Waals surface area contributed by atoms with Gasteiger partial charge in [0.1, 0.15) is 17.5 Å². The number of halogens is 5. The van der Waals surface area contributed by atoms with Crippen LogP contribution in [0.4, 0.5) is 27.8 Å². The van der Waals surface area contributed by atoms with Gasteiger partial charge < -0.3 is 10.2 Å². The van der Waals surface area contributed by atoms with Gasteiger partial charge in [-0.05, 0) is 44.2 Å². The van der Waals surface area contributed by atoms with Crippen molar-refractivity contribution in [3.63, 3.8) is 0 Å². The van der Waals surface area contributed by atoms with Crippen LogP contribution in [-0.2, 0) is 12.7 Å². The lowest BCUT2D eigenvalue weighted by atomic mass is 9.95. The summed E-state index contributed by atoms with van der Waals surface area (Å²) in [7, 11) is 0. The molecule has 5 nitrogen and oxygen atoms in total. The summed E-state index contributed by atoms with van der Waals surface area (Å²) in [5.74, 6) is -1.35. The van der Waals surface area contributed by atoms with Gasteiger partial charge in [0.05, 0.1) is 11.1 Å². The van der Waals surface area contributed by atoms with Crippen molar-refractivity contribution in [2.24, 2.45) is 0 Å². The lowest BCUT2D eigenvalue weighted by Gasteiger charge is -2.37. The number of nitrogens with one attached hydrogen (secondary N) is 1. The van der Waals surface area contributed by atoms with Crippen LogP contribution >= 0.6 is 11.8 Å². The largest absolute Gasteiger partial charge is 0.417 e. The first-order chi connectivity index (χ1) is 16.5. The standard InChI is InChI=1S/C24H23F5N4OS/c1-12-10-32(11-13(2)30-12)22-16-9-17(24(27,28)29)19(15-5-4-14(25)8-18(15)26)21-20(16)33(23(34)31-22)6-3-7-35-21/h4-5,8-9,12-13,30H,3,6-7,10-11H2,1-2H3. The fraction of sp³-hybridized carbons (Fsp3) is 0.417. The zero-order valence-electron chi connectivity index (χ0n) is 19.0. The Morgan fingerprint density at radius 2 is 1.83 bits per heavy atom. The minimum absolute atomic E-state index is 0.0391. The van der Waals surface area contributed by atoms with Crippen LogP contribution in [-0.4, -0.2) is 40.5 Å². The fourth-order valence-corrected chi connectivity index (χ4v) is 6.26. The number of anilines is 1. The summed E-state index contributed by atoms with van der Waals surface area (Å²) in [6.07, 6.45) is -4.29. The van der Waals surface area contributed by atoms with Crippen molar-refractivity contribution in [1.82, 2.24) is 14.9 Å². The molecule has 0 bridgehead atoms. The number of rotatable bonds is 2. The average molecular weight is 511 g/mol. The van der Waals surface area contributed by atoms with Gasteiger partial charge in [-0.1, -0.05) is 0 Å². The van der Waals surface area contributed by atoms with E-state index in [0.29, 0.717) is 36.8 Å². The summed E-state index contributed by atoms with van der Waals surface area (Å²) in [6.45, 7) is 5.13. The molecule has 2 aliphatic rings. The van der Waals surface area contributed by atoms with Crippen molar-refractivity contribution in [2.75, 3.05) is 23.7 Å². The molecule has 0 saturated carbocycles. The predicted octanol–water partition coefficient (Wildman–Crippen LogP) is 5.04. The molecule has 1 fully saturated rings. The first-order valence-electron chi connectivity index (χ1n) is 11.3. The zero-order chi connectivity index (χ0) is 25.1. The van der Waals surface area contributed by atoms with Crippen molar-refractivity contribution < 1.29 is 22.0 Å². The third-order valence-electron chi connectivity index (χ3n) is 6.33. The molecule has 2 aliphatic heterocycles. The molecule has 2 atom stereocenters. The molecule has 0 radical (unpaired) electrons. The number of hydrogen-bond donors (Lipinski definition) is 1. The Kier molecular flexibility index (Phi) is 6.03. The number of nitrogens with zero attached hydrogens (tertiary/aromatic N) is 3. The number of benzene rings is 2. The average Bonchev–Trinajstić information content (AvgIpc) is 2.99. The van der Waals surface area contributed by atoms with Gasteiger partial charge in [-0.2, -0.15) is 18.2 Å². The normalized spacial score (nSPS) is 20.8. The Balaban J connectivity index is 1.90. The molecule has 3 aromatic rings. The predicted molar refractivity (Wildman–Crippen MR) is 126 cm³/mol. The maximum atomic E-state index is 14.9. The Bertz CT molecular complexity index is 1360. The van der Waals surface area contributed by atoms with Crippen LogP contribution in [0.1, 0.15) is 25.8 Å². The van der Waals surface area contributed by atoms with E-state index in [2.05, 4.69) is 10.3 Å². The molecular weight excluding hydrogens is 487 g/mol. The van der Waals surface area contributed by atoms with Crippen LogP contribution in [0.15, 0.2) is 34.0 Å². The highest BCUT2D eigenvalue weighted by molar-refractivity contribution is 7.99. The molecule has 186 valence electrons. The summed E-state index contributed by atoms with van der Waals surface area (Å²) in [6, 6.07) is 3.58. The third kappa shape index (κ3) is 4.29. The van der Waals surface area contributed by atoms with Crippen LogP contribution in [0.2, 0.25) is 0 Å². The summed E-state index contributed by atoms with van der Waals surface area (Å²) >= 11 is 1.15. The molecule has 5 rings (SSSR count). The molecule has 2 aromatic carbocycles. The molecular formula is C24H23F5N4OS. The highest BCUT2D eigenvalue weighted by Gasteiger charge is 2.38. The van der Waals surface area contributed by atoms with Gasteiger partial charge in [-0.3, -0.25) is 4.57 Å².